The smallest absolute Gasteiger partial charge is 0.131 e. The molecule has 0 saturated carbocycles. The van der Waals surface area contributed by atoms with E-state index in [-0.39, 0.29) is 11.9 Å². The SMILES string of the molecule is CCNC(C)c1ccc(OCCC2CCCO2)cc1F. The zero-order chi connectivity index (χ0) is 14.4. The lowest BCUT2D eigenvalue weighted by Gasteiger charge is -2.15. The molecule has 1 aliphatic heterocycles. The van der Waals surface area contributed by atoms with Gasteiger partial charge in [0.05, 0.1) is 12.7 Å². The zero-order valence-corrected chi connectivity index (χ0v) is 12.3. The summed E-state index contributed by atoms with van der Waals surface area (Å²) in [7, 11) is 0. The van der Waals surface area contributed by atoms with Crippen LogP contribution in [-0.4, -0.2) is 25.9 Å². The van der Waals surface area contributed by atoms with Gasteiger partial charge in [0.15, 0.2) is 0 Å². The summed E-state index contributed by atoms with van der Waals surface area (Å²) in [4.78, 5) is 0. The minimum absolute atomic E-state index is 0.0148. The quantitative estimate of drug-likeness (QED) is 0.830. The molecule has 0 bridgehead atoms. The lowest BCUT2D eigenvalue weighted by molar-refractivity contribution is 0.0903. The van der Waals surface area contributed by atoms with Gasteiger partial charge in [0, 0.05) is 30.7 Å². The highest BCUT2D eigenvalue weighted by Gasteiger charge is 2.15. The van der Waals surface area contributed by atoms with Crippen LogP contribution < -0.4 is 10.1 Å². The van der Waals surface area contributed by atoms with Crippen LogP contribution in [0.15, 0.2) is 18.2 Å². The van der Waals surface area contributed by atoms with Crippen molar-refractivity contribution in [3.63, 3.8) is 0 Å². The van der Waals surface area contributed by atoms with Crippen molar-refractivity contribution < 1.29 is 13.9 Å². The van der Waals surface area contributed by atoms with E-state index in [2.05, 4.69) is 5.32 Å². The fourth-order valence-electron chi connectivity index (χ4n) is 2.55. The summed E-state index contributed by atoms with van der Waals surface area (Å²) in [5.41, 5.74) is 0.679. The summed E-state index contributed by atoms with van der Waals surface area (Å²) >= 11 is 0. The molecule has 112 valence electrons. The van der Waals surface area contributed by atoms with Gasteiger partial charge in [0.1, 0.15) is 11.6 Å². The maximum Gasteiger partial charge on any atom is 0.131 e. The average molecular weight is 281 g/mol. The molecule has 0 amide bonds. The van der Waals surface area contributed by atoms with Crippen molar-refractivity contribution in [1.82, 2.24) is 5.32 Å². The van der Waals surface area contributed by atoms with Crippen LogP contribution in [0.1, 0.15) is 44.7 Å². The molecule has 2 atom stereocenters. The van der Waals surface area contributed by atoms with Crippen LogP contribution in [0.2, 0.25) is 0 Å². The first-order valence-electron chi connectivity index (χ1n) is 7.48. The largest absolute Gasteiger partial charge is 0.493 e. The Labute approximate surface area is 120 Å². The van der Waals surface area contributed by atoms with Crippen LogP contribution in [0, 0.1) is 5.82 Å². The van der Waals surface area contributed by atoms with Crippen molar-refractivity contribution in [2.24, 2.45) is 0 Å². The van der Waals surface area contributed by atoms with E-state index >= 15 is 0 Å². The van der Waals surface area contributed by atoms with Crippen LogP contribution in [-0.2, 0) is 4.74 Å². The number of rotatable bonds is 7. The van der Waals surface area contributed by atoms with E-state index in [0.29, 0.717) is 24.0 Å². The molecule has 0 aliphatic carbocycles. The second-order valence-corrected chi connectivity index (χ2v) is 5.23. The third-order valence-electron chi connectivity index (χ3n) is 3.68. The van der Waals surface area contributed by atoms with Crippen LogP contribution in [0.4, 0.5) is 4.39 Å². The summed E-state index contributed by atoms with van der Waals surface area (Å²) in [6.07, 6.45) is 3.43. The van der Waals surface area contributed by atoms with E-state index in [4.69, 9.17) is 9.47 Å². The minimum atomic E-state index is -0.215. The van der Waals surface area contributed by atoms with Crippen molar-refractivity contribution in [1.29, 1.82) is 0 Å². The summed E-state index contributed by atoms with van der Waals surface area (Å²) in [5, 5.41) is 3.20. The van der Waals surface area contributed by atoms with Gasteiger partial charge in [-0.1, -0.05) is 13.0 Å². The number of hydrogen-bond donors (Lipinski definition) is 1. The van der Waals surface area contributed by atoms with Gasteiger partial charge in [-0.2, -0.15) is 0 Å². The van der Waals surface area contributed by atoms with E-state index < -0.39 is 0 Å². The van der Waals surface area contributed by atoms with Crippen molar-refractivity contribution >= 4 is 0 Å². The van der Waals surface area contributed by atoms with Gasteiger partial charge in [-0.3, -0.25) is 0 Å². The molecular weight excluding hydrogens is 257 g/mol. The molecule has 20 heavy (non-hydrogen) atoms. The van der Waals surface area contributed by atoms with Crippen LogP contribution in [0.3, 0.4) is 0 Å². The first kappa shape index (κ1) is 15.3. The van der Waals surface area contributed by atoms with Gasteiger partial charge in [0.2, 0.25) is 0 Å². The van der Waals surface area contributed by atoms with E-state index in [1.807, 2.05) is 19.9 Å². The van der Waals surface area contributed by atoms with E-state index in [1.165, 1.54) is 6.07 Å². The van der Waals surface area contributed by atoms with Gasteiger partial charge < -0.3 is 14.8 Å². The van der Waals surface area contributed by atoms with Crippen molar-refractivity contribution in [2.75, 3.05) is 19.8 Å². The second-order valence-electron chi connectivity index (χ2n) is 5.23. The molecule has 2 unspecified atom stereocenters. The molecule has 1 aromatic carbocycles. The van der Waals surface area contributed by atoms with Crippen molar-refractivity contribution in [3.05, 3.63) is 29.6 Å². The lowest BCUT2D eigenvalue weighted by Crippen LogP contribution is -2.18. The third kappa shape index (κ3) is 4.18. The Morgan fingerprint density at radius 3 is 3.00 bits per heavy atom. The van der Waals surface area contributed by atoms with Crippen LogP contribution in [0.25, 0.3) is 0 Å². The Balaban J connectivity index is 1.84. The molecular formula is C16H24FNO2. The normalized spacial score (nSPS) is 20.1. The monoisotopic (exact) mass is 281 g/mol. The molecule has 4 heteroatoms. The highest BCUT2D eigenvalue weighted by atomic mass is 19.1. The highest BCUT2D eigenvalue weighted by molar-refractivity contribution is 5.30. The molecule has 1 saturated heterocycles. The maximum absolute atomic E-state index is 14.0. The number of benzene rings is 1. The number of halogens is 1. The van der Waals surface area contributed by atoms with Crippen molar-refractivity contribution in [3.8, 4) is 5.75 Å². The van der Waals surface area contributed by atoms with E-state index in [0.717, 1.165) is 32.4 Å². The topological polar surface area (TPSA) is 30.5 Å². The molecule has 0 radical (unpaired) electrons. The third-order valence-corrected chi connectivity index (χ3v) is 3.68. The summed E-state index contributed by atoms with van der Waals surface area (Å²) in [6.45, 7) is 6.22. The Hall–Kier alpha value is -1.13. The average Bonchev–Trinajstić information content (AvgIpc) is 2.92. The lowest BCUT2D eigenvalue weighted by atomic mass is 10.1. The maximum atomic E-state index is 14.0. The van der Waals surface area contributed by atoms with Crippen molar-refractivity contribution in [2.45, 2.75) is 45.3 Å². The molecule has 0 spiro atoms. The standard InChI is InChI=1S/C16H24FNO2/c1-3-18-12(2)15-7-6-14(11-16(15)17)20-10-8-13-5-4-9-19-13/h6-7,11-13,18H,3-5,8-10H2,1-2H3. The van der Waals surface area contributed by atoms with Gasteiger partial charge in [-0.25, -0.2) is 4.39 Å². The molecule has 2 rings (SSSR count). The van der Waals surface area contributed by atoms with E-state index in [1.54, 1.807) is 6.07 Å². The van der Waals surface area contributed by atoms with Gasteiger partial charge >= 0.3 is 0 Å². The molecule has 1 heterocycles. The fraction of sp³-hybridized carbons (Fsp3) is 0.625. The summed E-state index contributed by atoms with van der Waals surface area (Å²) < 4.78 is 25.1. The molecule has 1 aliphatic rings. The molecule has 0 aromatic heterocycles. The van der Waals surface area contributed by atoms with Crippen LogP contribution in [0.5, 0.6) is 5.75 Å². The number of hydrogen-bond acceptors (Lipinski definition) is 3. The fourth-order valence-corrected chi connectivity index (χ4v) is 2.55. The Kier molecular flexibility index (Phi) is 5.80. The van der Waals surface area contributed by atoms with Gasteiger partial charge in [0.25, 0.3) is 0 Å². The Bertz CT molecular complexity index is 419. The van der Waals surface area contributed by atoms with Crippen LogP contribution >= 0.6 is 0 Å². The number of ether oxygens (including phenoxy) is 2. The molecule has 1 N–H and O–H groups in total. The Morgan fingerprint density at radius 1 is 1.50 bits per heavy atom. The molecule has 1 fully saturated rings. The van der Waals surface area contributed by atoms with E-state index in [9.17, 15) is 4.39 Å². The summed E-state index contributed by atoms with van der Waals surface area (Å²) in [5.74, 6) is 0.376. The first-order valence-corrected chi connectivity index (χ1v) is 7.48. The number of nitrogens with one attached hydrogen (secondary N) is 1. The Morgan fingerprint density at radius 2 is 2.35 bits per heavy atom. The first-order chi connectivity index (χ1) is 9.70. The molecule has 3 nitrogen and oxygen atoms in total. The highest BCUT2D eigenvalue weighted by Crippen LogP contribution is 2.22. The predicted molar refractivity (Wildman–Crippen MR) is 77.6 cm³/mol. The van der Waals surface area contributed by atoms with Gasteiger partial charge in [-0.05, 0) is 32.4 Å². The van der Waals surface area contributed by atoms with Gasteiger partial charge in [-0.15, -0.1) is 0 Å². The zero-order valence-electron chi connectivity index (χ0n) is 12.3. The molecule has 1 aromatic rings. The summed E-state index contributed by atoms with van der Waals surface area (Å²) in [6, 6.07) is 5.12. The minimum Gasteiger partial charge on any atom is -0.493 e. The predicted octanol–water partition coefficient (Wildman–Crippen LogP) is 3.44. The second kappa shape index (κ2) is 7.60.